The van der Waals surface area contributed by atoms with Crippen LogP contribution in [-0.2, 0) is 23.7 Å². The third kappa shape index (κ3) is 7.99. The third-order valence-corrected chi connectivity index (χ3v) is 8.09. The van der Waals surface area contributed by atoms with Crippen molar-refractivity contribution in [3.63, 3.8) is 0 Å². The lowest BCUT2D eigenvalue weighted by atomic mass is 9.96. The minimum Gasteiger partial charge on any atom is -0.446 e. The number of carbonyl (C=O) groups excluding carboxylic acids is 5. The Morgan fingerprint density at radius 3 is 1.96 bits per heavy atom. The van der Waals surface area contributed by atoms with Gasteiger partial charge < -0.3 is 18.9 Å². The molecule has 5 rings (SSSR count). The summed E-state index contributed by atoms with van der Waals surface area (Å²) in [6, 6.07) is 21.2. The van der Waals surface area contributed by atoms with Gasteiger partial charge in [-0.1, -0.05) is 66.7 Å². The molecule has 16 nitrogen and oxygen atoms in total. The van der Waals surface area contributed by atoms with Gasteiger partial charge in [-0.25, -0.2) is 29.6 Å². The second-order valence-electron chi connectivity index (χ2n) is 12.9. The van der Waals surface area contributed by atoms with E-state index in [-0.39, 0.29) is 5.71 Å². The predicted molar refractivity (Wildman–Crippen MR) is 197 cm³/mol. The summed E-state index contributed by atoms with van der Waals surface area (Å²) in [5, 5.41) is 8.32. The Morgan fingerprint density at radius 1 is 0.736 bits per heavy atom. The van der Waals surface area contributed by atoms with E-state index in [1.54, 1.807) is 97.9 Å². The van der Waals surface area contributed by atoms with Gasteiger partial charge in [0.2, 0.25) is 5.17 Å². The Labute approximate surface area is 310 Å². The zero-order chi connectivity index (χ0) is 38.6. The SMILES string of the molecule is CC(C)OC(=O)NN(SC1=NC2(C(=O)N(c3cccc4ccccc34)N=C2c2ccccc2)N(C(=O)OC(C)C)N1C(=O)OC(C)C)C(=O)OC(C)C. The highest BCUT2D eigenvalue weighted by Gasteiger charge is 2.67. The van der Waals surface area contributed by atoms with Gasteiger partial charge in [-0.05, 0) is 66.8 Å². The van der Waals surface area contributed by atoms with E-state index in [4.69, 9.17) is 29.0 Å². The van der Waals surface area contributed by atoms with E-state index in [1.807, 2.05) is 30.3 Å². The number of hydrogen-bond donors (Lipinski definition) is 1. The van der Waals surface area contributed by atoms with Crippen LogP contribution in [0.3, 0.4) is 0 Å². The molecular formula is C36H41N7O9S. The van der Waals surface area contributed by atoms with Gasteiger partial charge in [0.15, 0.2) is 0 Å². The molecule has 17 heteroatoms. The molecule has 1 N–H and O–H groups in total. The standard InChI is InChI=1S/C36H41N7O9S/c1-21(2)49-32(45)39-43(35(48)52-24(7)8)53-31-37-36(42(34(47)51-23(5)6)41(31)33(46)50-22(3)4)29(26-16-10-9-11-17-26)38-40(30(36)44)28-20-14-18-25-15-12-13-19-27(25)28/h9-24H,1-8H3,(H,39,45). The van der Waals surface area contributed by atoms with Gasteiger partial charge in [-0.3, -0.25) is 4.79 Å². The first kappa shape index (κ1) is 38.4. The lowest BCUT2D eigenvalue weighted by Gasteiger charge is -2.36. The van der Waals surface area contributed by atoms with E-state index in [1.165, 1.54) is 0 Å². The van der Waals surface area contributed by atoms with Crippen LogP contribution in [-0.4, -0.2) is 85.7 Å². The number of aliphatic imine (C=N–C) groups is 1. The van der Waals surface area contributed by atoms with Crippen molar-refractivity contribution >= 4 is 69.6 Å². The molecule has 0 aromatic heterocycles. The van der Waals surface area contributed by atoms with Crippen molar-refractivity contribution < 1.29 is 42.9 Å². The van der Waals surface area contributed by atoms with E-state index in [0.717, 1.165) is 15.4 Å². The maximum atomic E-state index is 15.2. The van der Waals surface area contributed by atoms with Crippen molar-refractivity contribution in [2.24, 2.45) is 10.1 Å². The van der Waals surface area contributed by atoms with E-state index < -0.39 is 65.5 Å². The van der Waals surface area contributed by atoms with Gasteiger partial charge in [0.25, 0.3) is 5.66 Å². The Morgan fingerprint density at radius 2 is 1.32 bits per heavy atom. The Kier molecular flexibility index (Phi) is 11.5. The number of ether oxygens (including phenoxy) is 4. The number of nitrogens with one attached hydrogen (secondary N) is 1. The zero-order valence-corrected chi connectivity index (χ0v) is 31.3. The lowest BCUT2D eigenvalue weighted by molar-refractivity contribution is -0.128. The van der Waals surface area contributed by atoms with Crippen LogP contribution < -0.4 is 10.4 Å². The number of hydrogen-bond acceptors (Lipinski definition) is 12. The molecule has 0 radical (unpaired) electrons. The van der Waals surface area contributed by atoms with Gasteiger partial charge in [0.05, 0.1) is 42.1 Å². The molecular weight excluding hydrogens is 707 g/mol. The average molecular weight is 748 g/mol. The summed E-state index contributed by atoms with van der Waals surface area (Å²) in [7, 11) is 0. The van der Waals surface area contributed by atoms with Crippen molar-refractivity contribution in [2.75, 3.05) is 5.01 Å². The summed E-state index contributed by atoms with van der Waals surface area (Å²) in [4.78, 5) is 74.7. The normalized spacial score (nSPS) is 16.8. The molecule has 1 atom stereocenters. The topological polar surface area (TPSA) is 172 Å². The molecule has 0 fully saturated rings. The van der Waals surface area contributed by atoms with Gasteiger partial charge in [-0.2, -0.15) is 20.1 Å². The molecule has 5 amide bonds. The van der Waals surface area contributed by atoms with E-state index >= 15 is 4.79 Å². The van der Waals surface area contributed by atoms with Crippen molar-refractivity contribution in [1.29, 1.82) is 0 Å². The van der Waals surface area contributed by atoms with Crippen LogP contribution in [0.25, 0.3) is 10.8 Å². The molecule has 0 aliphatic carbocycles. The molecule has 3 aromatic carbocycles. The summed E-state index contributed by atoms with van der Waals surface area (Å²) in [5.41, 5.74) is 0.511. The average Bonchev–Trinajstić information content (AvgIpc) is 3.57. The van der Waals surface area contributed by atoms with Crippen LogP contribution in [0.15, 0.2) is 82.9 Å². The molecule has 1 spiro atoms. The summed E-state index contributed by atoms with van der Waals surface area (Å²) < 4.78 is 22.4. The van der Waals surface area contributed by atoms with Crippen molar-refractivity contribution in [3.8, 4) is 0 Å². The van der Waals surface area contributed by atoms with Crippen LogP contribution in [0.5, 0.6) is 0 Å². The summed E-state index contributed by atoms with van der Waals surface area (Å²) in [5.74, 6) is -0.866. The highest BCUT2D eigenvalue weighted by atomic mass is 32.2. The second kappa shape index (κ2) is 15.8. The van der Waals surface area contributed by atoms with E-state index in [2.05, 4.69) is 5.43 Å². The first-order valence-electron chi connectivity index (χ1n) is 16.9. The van der Waals surface area contributed by atoms with Crippen LogP contribution in [0.4, 0.5) is 24.9 Å². The molecule has 1 unspecified atom stereocenters. The molecule has 3 aromatic rings. The number of benzene rings is 3. The van der Waals surface area contributed by atoms with E-state index in [0.29, 0.717) is 38.0 Å². The van der Waals surface area contributed by atoms with Crippen LogP contribution in [0.1, 0.15) is 61.0 Å². The van der Waals surface area contributed by atoms with Crippen molar-refractivity contribution in [3.05, 3.63) is 78.4 Å². The fourth-order valence-electron chi connectivity index (χ4n) is 5.33. The molecule has 0 saturated carbocycles. The number of carbonyl (C=O) groups is 5. The molecule has 2 aliphatic rings. The Hall–Kier alpha value is -5.84. The first-order chi connectivity index (χ1) is 25.1. The number of nitrogens with zero attached hydrogens (tertiary/aromatic N) is 6. The molecule has 2 heterocycles. The number of amidine groups is 1. The summed E-state index contributed by atoms with van der Waals surface area (Å²) in [6.45, 7) is 12.7. The van der Waals surface area contributed by atoms with Crippen molar-refractivity contribution in [1.82, 2.24) is 19.9 Å². The maximum absolute atomic E-state index is 15.2. The summed E-state index contributed by atoms with van der Waals surface area (Å²) in [6.07, 6.45) is -7.12. The molecule has 0 saturated heterocycles. The predicted octanol–water partition coefficient (Wildman–Crippen LogP) is 6.81. The fourth-order valence-corrected chi connectivity index (χ4v) is 6.13. The number of fused-ring (bicyclic) bond motifs is 1. The number of anilines is 1. The number of rotatable bonds is 6. The van der Waals surface area contributed by atoms with Gasteiger partial charge >= 0.3 is 30.3 Å². The quantitative estimate of drug-likeness (QED) is 0.160. The highest BCUT2D eigenvalue weighted by molar-refractivity contribution is 8.12. The van der Waals surface area contributed by atoms with Crippen LogP contribution in [0.2, 0.25) is 0 Å². The Bertz CT molecular complexity index is 1950. The zero-order valence-electron chi connectivity index (χ0n) is 30.5. The molecule has 53 heavy (non-hydrogen) atoms. The monoisotopic (exact) mass is 747 g/mol. The fraction of sp³-hybridized carbons (Fsp3) is 0.361. The highest BCUT2D eigenvalue weighted by Crippen LogP contribution is 2.44. The molecule has 2 aliphatic heterocycles. The van der Waals surface area contributed by atoms with E-state index in [9.17, 15) is 19.2 Å². The van der Waals surface area contributed by atoms with Gasteiger partial charge in [-0.15, -0.1) is 4.41 Å². The van der Waals surface area contributed by atoms with Crippen LogP contribution >= 0.6 is 11.9 Å². The number of amides is 5. The maximum Gasteiger partial charge on any atom is 0.440 e. The summed E-state index contributed by atoms with van der Waals surface area (Å²) >= 11 is 0.368. The third-order valence-electron chi connectivity index (χ3n) is 7.24. The number of hydrazine groups is 2. The lowest BCUT2D eigenvalue weighted by Crippen LogP contribution is -2.64. The smallest absolute Gasteiger partial charge is 0.440 e. The minimum absolute atomic E-state index is 0.0572. The van der Waals surface area contributed by atoms with Gasteiger partial charge in [0.1, 0.15) is 5.71 Å². The Balaban J connectivity index is 1.78. The van der Waals surface area contributed by atoms with Gasteiger partial charge in [0, 0.05) is 10.9 Å². The molecule has 0 bridgehead atoms. The minimum atomic E-state index is -2.45. The molecule has 280 valence electrons. The second-order valence-corrected chi connectivity index (χ2v) is 13.8. The largest absolute Gasteiger partial charge is 0.446 e. The van der Waals surface area contributed by atoms with Crippen molar-refractivity contribution in [2.45, 2.75) is 85.5 Å². The first-order valence-corrected chi connectivity index (χ1v) is 17.7. The number of hydrazone groups is 1. The van der Waals surface area contributed by atoms with Crippen LogP contribution in [0, 0.1) is 0 Å².